The number of rotatable bonds is 11. The van der Waals surface area contributed by atoms with Crippen LogP contribution in [0.3, 0.4) is 0 Å². The van der Waals surface area contributed by atoms with Crippen molar-refractivity contribution in [3.05, 3.63) is 0 Å². The van der Waals surface area contributed by atoms with Gasteiger partial charge in [0.25, 0.3) is 0 Å². The molecule has 0 aromatic carbocycles. The lowest BCUT2D eigenvalue weighted by molar-refractivity contribution is 0.240. The minimum absolute atomic E-state index is 0.626. The van der Waals surface area contributed by atoms with Gasteiger partial charge in [0.2, 0.25) is 0 Å². The van der Waals surface area contributed by atoms with E-state index in [0.717, 1.165) is 12.8 Å². The highest BCUT2D eigenvalue weighted by Crippen LogP contribution is 2.12. The van der Waals surface area contributed by atoms with Gasteiger partial charge in [0.1, 0.15) is 5.56 Å². The lowest BCUT2D eigenvalue weighted by Crippen LogP contribution is -1.94. The van der Waals surface area contributed by atoms with Crippen molar-refractivity contribution in [2.45, 2.75) is 83.1 Å². The topological polar surface area (TPSA) is 20.2 Å². The van der Waals surface area contributed by atoms with E-state index >= 15 is 0 Å². The van der Waals surface area contributed by atoms with Gasteiger partial charge in [0.05, 0.1) is 0 Å². The van der Waals surface area contributed by atoms with Crippen LogP contribution in [-0.4, -0.2) is 10.7 Å². The van der Waals surface area contributed by atoms with Crippen molar-refractivity contribution in [1.82, 2.24) is 0 Å². The summed E-state index contributed by atoms with van der Waals surface area (Å²) in [5.74, 6) is 0. The molecule has 15 heavy (non-hydrogen) atoms. The quantitative estimate of drug-likeness (QED) is 0.400. The van der Waals surface area contributed by atoms with E-state index in [1.54, 1.807) is 0 Å². The van der Waals surface area contributed by atoms with Gasteiger partial charge < -0.3 is 5.11 Å². The molecule has 92 valence electrons. The molecule has 0 amide bonds. The Morgan fingerprint density at radius 1 is 0.800 bits per heavy atom. The highest BCUT2D eigenvalue weighted by molar-refractivity contribution is 6.19. The van der Waals surface area contributed by atoms with Crippen molar-refractivity contribution in [3.63, 3.8) is 0 Å². The second-order valence-corrected chi connectivity index (χ2v) is 4.91. The summed E-state index contributed by atoms with van der Waals surface area (Å²) in [5, 5.41) is 8.84. The van der Waals surface area contributed by atoms with Gasteiger partial charge in [-0.25, -0.2) is 0 Å². The molecule has 0 aliphatic heterocycles. The second-order valence-electron chi connectivity index (χ2n) is 4.41. The first-order valence-electron chi connectivity index (χ1n) is 6.59. The molecule has 0 saturated carbocycles. The molecule has 0 aromatic rings. The molecular weight excluding hydrogens is 208 g/mol. The molecule has 0 aliphatic carbocycles. The van der Waals surface area contributed by atoms with Crippen LogP contribution in [0.25, 0.3) is 0 Å². The Kier molecular flexibility index (Phi) is 12.5. The largest absolute Gasteiger partial charge is 0.378 e. The Labute approximate surface area is 100 Å². The van der Waals surface area contributed by atoms with E-state index in [4.69, 9.17) is 16.7 Å². The molecule has 1 unspecified atom stereocenters. The van der Waals surface area contributed by atoms with Crippen LogP contribution in [0.1, 0.15) is 77.6 Å². The molecule has 0 radical (unpaired) electrons. The molecule has 0 fully saturated rings. The fraction of sp³-hybridized carbons (Fsp3) is 1.00. The van der Waals surface area contributed by atoms with Gasteiger partial charge in [-0.05, 0) is 12.8 Å². The average molecular weight is 235 g/mol. The maximum atomic E-state index is 8.84. The lowest BCUT2D eigenvalue weighted by Gasteiger charge is -2.03. The monoisotopic (exact) mass is 234 g/mol. The summed E-state index contributed by atoms with van der Waals surface area (Å²) in [7, 11) is 0. The van der Waals surface area contributed by atoms with Gasteiger partial charge in [0, 0.05) is 0 Å². The molecule has 2 heteroatoms. The summed E-state index contributed by atoms with van der Waals surface area (Å²) in [6.07, 6.45) is 14.0. The van der Waals surface area contributed by atoms with Crippen molar-refractivity contribution in [3.8, 4) is 0 Å². The number of halogens is 1. The first-order valence-corrected chi connectivity index (χ1v) is 7.03. The summed E-state index contributed by atoms with van der Waals surface area (Å²) in [5.41, 5.74) is -0.626. The first-order chi connectivity index (χ1) is 7.27. The van der Waals surface area contributed by atoms with Crippen LogP contribution in [0.4, 0.5) is 0 Å². The molecule has 1 nitrogen and oxygen atoms in total. The summed E-state index contributed by atoms with van der Waals surface area (Å²) < 4.78 is 0. The standard InChI is InChI=1S/C13H27ClO/c1-2-3-4-5-6-7-8-9-10-11-12-13(14)15/h13,15H,2-12H2,1H3. The summed E-state index contributed by atoms with van der Waals surface area (Å²) >= 11 is 5.44. The Hall–Kier alpha value is 0.250. The van der Waals surface area contributed by atoms with Crippen LogP contribution in [0, 0.1) is 0 Å². The Bertz CT molecular complexity index is 115. The second kappa shape index (κ2) is 12.3. The molecular formula is C13H27ClO. The Morgan fingerprint density at radius 2 is 1.20 bits per heavy atom. The minimum atomic E-state index is -0.626. The predicted octanol–water partition coefficient (Wildman–Crippen LogP) is 4.85. The Balaban J connectivity index is 2.87. The summed E-state index contributed by atoms with van der Waals surface area (Å²) in [6, 6.07) is 0. The van der Waals surface area contributed by atoms with Gasteiger partial charge in [-0.3, -0.25) is 0 Å². The van der Waals surface area contributed by atoms with Gasteiger partial charge >= 0.3 is 0 Å². The summed E-state index contributed by atoms with van der Waals surface area (Å²) in [6.45, 7) is 2.26. The highest BCUT2D eigenvalue weighted by Gasteiger charge is 1.97. The maximum absolute atomic E-state index is 8.84. The maximum Gasteiger partial charge on any atom is 0.128 e. The van der Waals surface area contributed by atoms with Crippen LogP contribution in [0.2, 0.25) is 0 Å². The van der Waals surface area contributed by atoms with Crippen LogP contribution in [0.5, 0.6) is 0 Å². The van der Waals surface area contributed by atoms with E-state index in [1.165, 1.54) is 57.8 Å². The van der Waals surface area contributed by atoms with E-state index in [1.807, 2.05) is 0 Å². The first kappa shape index (κ1) is 15.2. The van der Waals surface area contributed by atoms with E-state index in [0.29, 0.717) is 0 Å². The number of alkyl halides is 1. The van der Waals surface area contributed by atoms with Crippen molar-refractivity contribution >= 4 is 11.6 Å². The van der Waals surface area contributed by atoms with Crippen LogP contribution >= 0.6 is 11.6 Å². The summed E-state index contributed by atoms with van der Waals surface area (Å²) in [4.78, 5) is 0. The third-order valence-electron chi connectivity index (χ3n) is 2.80. The normalized spacial score (nSPS) is 13.0. The van der Waals surface area contributed by atoms with Crippen molar-refractivity contribution < 1.29 is 5.11 Å². The van der Waals surface area contributed by atoms with Gasteiger partial charge in [-0.15, -0.1) is 0 Å². The average Bonchev–Trinajstić information content (AvgIpc) is 2.20. The number of unbranched alkanes of at least 4 members (excludes halogenated alkanes) is 9. The van der Waals surface area contributed by atoms with E-state index in [-0.39, 0.29) is 0 Å². The van der Waals surface area contributed by atoms with Gasteiger partial charge in [0.15, 0.2) is 0 Å². The molecule has 0 saturated heterocycles. The zero-order chi connectivity index (χ0) is 11.4. The fourth-order valence-corrected chi connectivity index (χ4v) is 1.95. The molecule has 0 heterocycles. The Morgan fingerprint density at radius 3 is 1.60 bits per heavy atom. The highest BCUT2D eigenvalue weighted by atomic mass is 35.5. The number of hydrogen-bond acceptors (Lipinski definition) is 1. The number of hydrogen-bond donors (Lipinski definition) is 1. The third kappa shape index (κ3) is 14.2. The fourth-order valence-electron chi connectivity index (χ4n) is 1.80. The van der Waals surface area contributed by atoms with E-state index < -0.39 is 5.56 Å². The van der Waals surface area contributed by atoms with E-state index in [2.05, 4.69) is 6.92 Å². The minimum Gasteiger partial charge on any atom is -0.378 e. The van der Waals surface area contributed by atoms with E-state index in [9.17, 15) is 0 Å². The lowest BCUT2D eigenvalue weighted by atomic mass is 10.1. The third-order valence-corrected chi connectivity index (χ3v) is 3.01. The SMILES string of the molecule is CCCCCCCCCCCCC(O)Cl. The van der Waals surface area contributed by atoms with Crippen LogP contribution < -0.4 is 0 Å². The smallest absolute Gasteiger partial charge is 0.128 e. The number of aliphatic hydroxyl groups is 1. The molecule has 1 N–H and O–H groups in total. The molecule has 0 aromatic heterocycles. The van der Waals surface area contributed by atoms with Gasteiger partial charge in [-0.1, -0.05) is 76.3 Å². The van der Waals surface area contributed by atoms with Crippen molar-refractivity contribution in [2.75, 3.05) is 0 Å². The van der Waals surface area contributed by atoms with Crippen molar-refractivity contribution in [2.24, 2.45) is 0 Å². The molecule has 0 bridgehead atoms. The zero-order valence-electron chi connectivity index (χ0n) is 10.2. The van der Waals surface area contributed by atoms with Crippen LogP contribution in [0.15, 0.2) is 0 Å². The van der Waals surface area contributed by atoms with Crippen LogP contribution in [-0.2, 0) is 0 Å². The molecule has 0 rings (SSSR count). The predicted molar refractivity (Wildman–Crippen MR) is 68.3 cm³/mol. The van der Waals surface area contributed by atoms with Crippen molar-refractivity contribution in [1.29, 1.82) is 0 Å². The van der Waals surface area contributed by atoms with Gasteiger partial charge in [-0.2, -0.15) is 0 Å². The molecule has 0 spiro atoms. The number of aliphatic hydroxyl groups excluding tert-OH is 1. The molecule has 1 atom stereocenters. The molecule has 0 aliphatic rings. The zero-order valence-corrected chi connectivity index (χ0v) is 10.9.